The van der Waals surface area contributed by atoms with Crippen LogP contribution < -0.4 is 9.44 Å². The van der Waals surface area contributed by atoms with Crippen molar-refractivity contribution in [2.75, 3.05) is 40.8 Å². The van der Waals surface area contributed by atoms with Crippen molar-refractivity contribution in [3.05, 3.63) is 59.7 Å². The van der Waals surface area contributed by atoms with Gasteiger partial charge in [0.05, 0.1) is 28.4 Å². The Bertz CT molecular complexity index is 1260. The molecule has 1 aliphatic rings. The zero-order chi connectivity index (χ0) is 25.8. The quantitative estimate of drug-likeness (QED) is 0.390. The average Bonchev–Trinajstić information content (AvgIpc) is 3.27. The molecule has 0 saturated carbocycles. The first-order valence-electron chi connectivity index (χ1n) is 11.2. The van der Waals surface area contributed by atoms with Crippen LogP contribution in [0, 0.1) is 0 Å². The number of halogens is 1. The Morgan fingerprint density at radius 1 is 1.08 bits per heavy atom. The van der Waals surface area contributed by atoms with Gasteiger partial charge in [-0.05, 0) is 43.8 Å². The number of aliphatic hydroxyl groups is 1. The number of aliphatic hydroxyl groups excluding tert-OH is 1. The third kappa shape index (κ3) is 7.03. The van der Waals surface area contributed by atoms with Crippen LogP contribution in [0.4, 0.5) is 0 Å². The number of hydrogen-bond acceptors (Lipinski definition) is 7. The number of carbonyl (C=O) groups is 1. The van der Waals surface area contributed by atoms with Gasteiger partial charge in [-0.3, -0.25) is 9.69 Å². The van der Waals surface area contributed by atoms with Crippen LogP contribution in [0.5, 0.6) is 0 Å². The van der Waals surface area contributed by atoms with Gasteiger partial charge in [-0.1, -0.05) is 36.4 Å². The standard InChI is InChI=1S/C23H32N4O6S2.ClH/c1-24-34(30,31)20-10-9-18(22(14-20)35(32,33)25-2)13-23(29)26(3)21(17-7-5-4-6-8-17)16-27-12-11-19(28)15-27;/h4-10,14,19,21,24-25,28H,11-13,15-16H2,1-3H3;1H/t19-,21-;/m1./s1. The highest BCUT2D eigenvalue weighted by atomic mass is 35.5. The van der Waals surface area contributed by atoms with Gasteiger partial charge in [0.25, 0.3) is 0 Å². The van der Waals surface area contributed by atoms with Crippen molar-refractivity contribution in [2.24, 2.45) is 0 Å². The van der Waals surface area contributed by atoms with Gasteiger partial charge < -0.3 is 10.0 Å². The Morgan fingerprint density at radius 2 is 1.72 bits per heavy atom. The fourth-order valence-corrected chi connectivity index (χ4v) is 5.95. The molecule has 0 aromatic heterocycles. The Hall–Kier alpha value is -2.06. The summed E-state index contributed by atoms with van der Waals surface area (Å²) in [4.78, 5) is 16.6. The van der Waals surface area contributed by atoms with E-state index < -0.39 is 26.2 Å². The second-order valence-electron chi connectivity index (χ2n) is 8.49. The van der Waals surface area contributed by atoms with E-state index in [2.05, 4.69) is 14.3 Å². The zero-order valence-electron chi connectivity index (χ0n) is 20.4. The minimum atomic E-state index is -4.04. The molecule has 0 bridgehead atoms. The van der Waals surface area contributed by atoms with Gasteiger partial charge in [-0.25, -0.2) is 26.3 Å². The molecule has 0 aliphatic carbocycles. The van der Waals surface area contributed by atoms with Crippen molar-refractivity contribution < 1.29 is 26.7 Å². The highest BCUT2D eigenvalue weighted by Gasteiger charge is 2.29. The maximum atomic E-state index is 13.4. The van der Waals surface area contributed by atoms with E-state index >= 15 is 0 Å². The number of nitrogens with one attached hydrogen (secondary N) is 2. The Morgan fingerprint density at radius 3 is 2.28 bits per heavy atom. The molecule has 1 aliphatic heterocycles. The highest BCUT2D eigenvalue weighted by molar-refractivity contribution is 7.90. The lowest BCUT2D eigenvalue weighted by molar-refractivity contribution is -0.131. The first-order chi connectivity index (χ1) is 16.5. The fraction of sp³-hybridized carbons (Fsp3) is 0.435. The number of hydrogen-bond donors (Lipinski definition) is 3. The molecule has 0 spiro atoms. The zero-order valence-corrected chi connectivity index (χ0v) is 22.9. The van der Waals surface area contributed by atoms with Crippen LogP contribution in [-0.2, 0) is 31.3 Å². The molecule has 13 heteroatoms. The van der Waals surface area contributed by atoms with Gasteiger partial charge in [0, 0.05) is 26.7 Å². The van der Waals surface area contributed by atoms with E-state index in [-0.39, 0.29) is 46.1 Å². The molecule has 2 aromatic rings. The number of amides is 1. The summed E-state index contributed by atoms with van der Waals surface area (Å²) in [5.74, 6) is -0.324. The van der Waals surface area contributed by atoms with Crippen molar-refractivity contribution >= 4 is 38.4 Å². The average molecular weight is 561 g/mol. The van der Waals surface area contributed by atoms with Crippen LogP contribution in [0.15, 0.2) is 58.3 Å². The number of β-amino-alcohol motifs (C(OH)–C–C–N with tert-alkyl or cyclic N) is 1. The lowest BCUT2D eigenvalue weighted by Gasteiger charge is -2.32. The summed E-state index contributed by atoms with van der Waals surface area (Å²) in [6.07, 6.45) is 0.0411. The summed E-state index contributed by atoms with van der Waals surface area (Å²) in [7, 11) is -3.80. The molecule has 1 fully saturated rings. The monoisotopic (exact) mass is 560 g/mol. The SMILES string of the molecule is CNS(=O)(=O)c1ccc(CC(=O)N(C)[C@H](CN2CC[C@@H](O)C2)c2ccccc2)c(S(=O)(=O)NC)c1.Cl. The van der Waals surface area contributed by atoms with Gasteiger partial charge in [-0.2, -0.15) is 0 Å². The van der Waals surface area contributed by atoms with Crippen LogP contribution in [0.2, 0.25) is 0 Å². The van der Waals surface area contributed by atoms with Crippen LogP contribution in [0.1, 0.15) is 23.6 Å². The topological polar surface area (TPSA) is 136 Å². The first-order valence-corrected chi connectivity index (χ1v) is 14.2. The molecule has 36 heavy (non-hydrogen) atoms. The summed E-state index contributed by atoms with van der Waals surface area (Å²) < 4.78 is 54.2. The van der Waals surface area contributed by atoms with Gasteiger partial charge in [0.15, 0.2) is 0 Å². The summed E-state index contributed by atoms with van der Waals surface area (Å²) in [5, 5.41) is 9.92. The second kappa shape index (κ2) is 12.5. The number of benzene rings is 2. The van der Waals surface area contributed by atoms with Crippen LogP contribution in [-0.4, -0.2) is 84.5 Å². The normalized spacial score (nSPS) is 17.4. The largest absolute Gasteiger partial charge is 0.392 e. The number of likely N-dealkylation sites (tertiary alicyclic amines) is 1. The van der Waals surface area contributed by atoms with Crippen molar-refractivity contribution in [2.45, 2.75) is 34.8 Å². The Labute approximate surface area is 219 Å². The van der Waals surface area contributed by atoms with E-state index in [0.29, 0.717) is 19.5 Å². The number of carbonyl (C=O) groups excluding carboxylic acids is 1. The summed E-state index contributed by atoms with van der Waals surface area (Å²) in [6, 6.07) is 12.9. The first kappa shape index (κ1) is 30.2. The van der Waals surface area contributed by atoms with Crippen molar-refractivity contribution in [1.29, 1.82) is 0 Å². The lowest BCUT2D eigenvalue weighted by Crippen LogP contribution is -2.39. The minimum Gasteiger partial charge on any atom is -0.392 e. The van der Waals surface area contributed by atoms with Gasteiger partial charge in [0.1, 0.15) is 0 Å². The molecular formula is C23H33ClN4O6S2. The molecule has 200 valence electrons. The smallest absolute Gasteiger partial charge is 0.240 e. The lowest BCUT2D eigenvalue weighted by atomic mass is 10.0. The minimum absolute atomic E-state index is 0. The van der Waals surface area contributed by atoms with E-state index in [4.69, 9.17) is 0 Å². The van der Waals surface area contributed by atoms with E-state index in [1.807, 2.05) is 30.3 Å². The van der Waals surface area contributed by atoms with E-state index in [0.717, 1.165) is 18.2 Å². The van der Waals surface area contributed by atoms with Crippen molar-refractivity contribution in [1.82, 2.24) is 19.2 Å². The van der Waals surface area contributed by atoms with E-state index in [1.54, 1.807) is 11.9 Å². The predicted molar refractivity (Wildman–Crippen MR) is 139 cm³/mol. The summed E-state index contributed by atoms with van der Waals surface area (Å²) in [6.45, 7) is 1.76. The molecular weight excluding hydrogens is 528 g/mol. The van der Waals surface area contributed by atoms with E-state index in [9.17, 15) is 26.7 Å². The summed E-state index contributed by atoms with van der Waals surface area (Å²) >= 11 is 0. The highest BCUT2D eigenvalue weighted by Crippen LogP contribution is 2.26. The number of rotatable bonds is 10. The second-order valence-corrected chi connectivity index (χ2v) is 12.2. The third-order valence-electron chi connectivity index (χ3n) is 6.24. The van der Waals surface area contributed by atoms with Crippen LogP contribution in [0.25, 0.3) is 0 Å². The summed E-state index contributed by atoms with van der Waals surface area (Å²) in [5.41, 5.74) is 1.11. The molecule has 3 rings (SSSR count). The van der Waals surface area contributed by atoms with Crippen LogP contribution >= 0.6 is 12.4 Å². The molecule has 3 N–H and O–H groups in total. The number of sulfonamides is 2. The van der Waals surface area contributed by atoms with Crippen LogP contribution in [0.3, 0.4) is 0 Å². The molecule has 0 unspecified atom stereocenters. The predicted octanol–water partition coefficient (Wildman–Crippen LogP) is 0.733. The van der Waals surface area contributed by atoms with Gasteiger partial charge in [0.2, 0.25) is 26.0 Å². The molecule has 1 heterocycles. The maximum Gasteiger partial charge on any atom is 0.240 e. The number of likely N-dealkylation sites (N-methyl/N-ethyl adjacent to an activating group) is 1. The van der Waals surface area contributed by atoms with Gasteiger partial charge >= 0.3 is 0 Å². The Balaban J connectivity index is 0.00000456. The van der Waals surface area contributed by atoms with Gasteiger partial charge in [-0.15, -0.1) is 12.4 Å². The molecule has 1 saturated heterocycles. The van der Waals surface area contributed by atoms with Crippen molar-refractivity contribution in [3.8, 4) is 0 Å². The number of nitrogens with zero attached hydrogens (tertiary/aromatic N) is 2. The fourth-order valence-electron chi connectivity index (χ4n) is 4.14. The molecule has 2 atom stereocenters. The maximum absolute atomic E-state index is 13.4. The molecule has 1 amide bonds. The molecule has 0 radical (unpaired) electrons. The third-order valence-corrected chi connectivity index (χ3v) is 9.15. The van der Waals surface area contributed by atoms with E-state index in [1.165, 1.54) is 26.2 Å². The molecule has 10 nitrogen and oxygen atoms in total. The molecule has 2 aromatic carbocycles. The van der Waals surface area contributed by atoms with Crippen molar-refractivity contribution in [3.63, 3.8) is 0 Å². The Kier molecular flexibility index (Phi) is 10.4.